The Balaban J connectivity index is 0.00000240. The summed E-state index contributed by atoms with van der Waals surface area (Å²) < 4.78 is 5.21. The number of aromatic nitrogens is 2. The molecule has 0 aliphatic rings. The van der Waals surface area contributed by atoms with Crippen molar-refractivity contribution in [2.24, 2.45) is 0 Å². The Hall–Kier alpha value is -1.90. The van der Waals surface area contributed by atoms with Crippen LogP contribution in [0.4, 0.5) is 10.8 Å². The van der Waals surface area contributed by atoms with Crippen molar-refractivity contribution in [2.75, 3.05) is 6.61 Å². The molecule has 0 saturated carbocycles. The molecule has 2 aromatic carbocycles. The van der Waals surface area contributed by atoms with Crippen LogP contribution in [-0.4, -0.2) is 22.5 Å². The van der Waals surface area contributed by atoms with Gasteiger partial charge in [-0.3, -0.25) is 5.32 Å². The van der Waals surface area contributed by atoms with E-state index in [0.29, 0.717) is 37.9 Å². The number of benzene rings is 2. The first kappa shape index (κ1) is 21.8. The lowest BCUT2D eigenvalue weighted by atomic mass is 10.1. The van der Waals surface area contributed by atoms with E-state index in [2.05, 4.69) is 4.98 Å². The van der Waals surface area contributed by atoms with E-state index in [1.807, 2.05) is 41.0 Å². The van der Waals surface area contributed by atoms with Crippen molar-refractivity contribution < 1.29 is 31.8 Å². The molecule has 29 heavy (non-hydrogen) atoms. The highest BCUT2D eigenvalue weighted by Gasteiger charge is 2.24. The number of hydrogen-bond acceptors (Lipinski definition) is 4. The quantitative estimate of drug-likeness (QED) is 0.318. The third-order valence-corrected chi connectivity index (χ3v) is 5.47. The minimum absolute atomic E-state index is 0. The van der Waals surface area contributed by atoms with Crippen molar-refractivity contribution in [3.05, 3.63) is 63.6 Å². The topological polar surface area (TPSA) is 71.6 Å². The maximum absolute atomic E-state index is 12.5. The van der Waals surface area contributed by atoms with E-state index in [4.69, 9.17) is 32.9 Å². The number of hydrogen-bond donors (Lipinski definition) is 2. The number of thiazole rings is 1. The van der Waals surface area contributed by atoms with Gasteiger partial charge in [-0.2, -0.15) is 4.98 Å². The van der Waals surface area contributed by atoms with E-state index in [9.17, 15) is 4.79 Å². The molecule has 0 unspecified atom stereocenters. The summed E-state index contributed by atoms with van der Waals surface area (Å²) in [5.41, 5.74) is 3.32. The molecule has 0 fully saturated rings. The third-order valence-electron chi connectivity index (χ3n) is 4.16. The zero-order valence-corrected chi connectivity index (χ0v) is 19.1. The van der Waals surface area contributed by atoms with Crippen LogP contribution in [0.25, 0.3) is 22.2 Å². The summed E-state index contributed by atoms with van der Waals surface area (Å²) in [6.45, 7) is 2.03. The highest BCUT2D eigenvalue weighted by molar-refractivity contribution is 7.13. The molecule has 2 aromatic heterocycles. The fourth-order valence-corrected chi connectivity index (χ4v) is 4.37. The van der Waals surface area contributed by atoms with Crippen LogP contribution >= 0.6 is 34.5 Å². The number of carbonyl (C=O) groups is 1. The largest absolute Gasteiger partial charge is 1.00 e. The Bertz CT molecular complexity index is 1160. The summed E-state index contributed by atoms with van der Waals surface area (Å²) in [4.78, 5) is 20.3. The molecule has 0 aliphatic heterocycles. The first-order valence-electron chi connectivity index (χ1n) is 8.60. The second kappa shape index (κ2) is 9.28. The number of fused-ring (bicyclic) bond motifs is 1. The molecule has 2 heterocycles. The van der Waals surface area contributed by atoms with Gasteiger partial charge in [0.15, 0.2) is 0 Å². The molecular weight excluding hydrogens is 497 g/mol. The number of quaternary nitrogens is 1. The predicted octanol–water partition coefficient (Wildman–Crippen LogP) is 2.31. The first-order valence-corrected chi connectivity index (χ1v) is 10.2. The average Bonchev–Trinajstić information content (AvgIpc) is 3.27. The van der Waals surface area contributed by atoms with Crippen LogP contribution < -0.4 is 22.3 Å². The molecule has 0 spiro atoms. The van der Waals surface area contributed by atoms with Crippen LogP contribution in [0.15, 0.2) is 47.8 Å². The number of H-pyrrole nitrogens is 1. The smallest absolute Gasteiger partial charge is 0.355 e. The number of rotatable bonds is 5. The van der Waals surface area contributed by atoms with E-state index < -0.39 is 5.97 Å². The van der Waals surface area contributed by atoms with Crippen LogP contribution in [0.3, 0.4) is 0 Å². The lowest BCUT2D eigenvalue weighted by molar-refractivity contribution is -0.478. The van der Waals surface area contributed by atoms with Crippen molar-refractivity contribution in [3.8, 4) is 11.3 Å². The van der Waals surface area contributed by atoms with Crippen LogP contribution in [0.1, 0.15) is 17.4 Å². The summed E-state index contributed by atoms with van der Waals surface area (Å²) in [6, 6.07) is 13.3. The van der Waals surface area contributed by atoms with E-state index in [-0.39, 0.29) is 23.6 Å². The van der Waals surface area contributed by atoms with Gasteiger partial charge in [-0.05, 0) is 31.2 Å². The Kier molecular flexibility index (Phi) is 6.97. The van der Waals surface area contributed by atoms with E-state index in [1.54, 1.807) is 19.1 Å². The molecule has 0 atom stereocenters. The number of halogens is 3. The lowest BCUT2D eigenvalue weighted by Gasteiger charge is -2.03. The second-order valence-electron chi connectivity index (χ2n) is 6.03. The summed E-state index contributed by atoms with van der Waals surface area (Å²) in [7, 11) is 0. The fraction of sp³-hybridized carbons (Fsp3) is 0.100. The van der Waals surface area contributed by atoms with Crippen LogP contribution in [0.2, 0.25) is 10.0 Å². The van der Waals surface area contributed by atoms with E-state index in [1.165, 1.54) is 11.3 Å². The molecule has 4 rings (SSSR count). The molecule has 0 saturated heterocycles. The van der Waals surface area contributed by atoms with Gasteiger partial charge >= 0.3 is 5.97 Å². The molecule has 9 heteroatoms. The van der Waals surface area contributed by atoms with Crippen LogP contribution in [0.5, 0.6) is 0 Å². The fourth-order valence-electron chi connectivity index (χ4n) is 3.02. The van der Waals surface area contributed by atoms with Gasteiger partial charge in [-0.1, -0.05) is 52.7 Å². The van der Waals surface area contributed by atoms with Crippen molar-refractivity contribution in [1.82, 2.24) is 9.97 Å². The van der Waals surface area contributed by atoms with Crippen molar-refractivity contribution in [3.63, 3.8) is 0 Å². The molecule has 3 N–H and O–H groups in total. The van der Waals surface area contributed by atoms with Crippen LogP contribution in [0, 0.1) is 0 Å². The normalized spacial score (nSPS) is 10.7. The Morgan fingerprint density at radius 2 is 2.00 bits per heavy atom. The van der Waals surface area contributed by atoms with Crippen molar-refractivity contribution >= 4 is 62.2 Å². The minimum atomic E-state index is -0.456. The molecule has 0 radical (unpaired) electrons. The van der Waals surface area contributed by atoms with Gasteiger partial charge < -0.3 is 26.7 Å². The molecule has 0 bridgehead atoms. The molecule has 0 amide bonds. The molecular formula is C20H16BrCl2N3O2S. The Morgan fingerprint density at radius 3 is 2.72 bits per heavy atom. The molecule has 4 aromatic rings. The van der Waals surface area contributed by atoms with Gasteiger partial charge in [0.2, 0.25) is 0 Å². The van der Waals surface area contributed by atoms with Gasteiger partial charge in [-0.25, -0.2) is 4.79 Å². The number of nitrogens with zero attached hydrogens (tertiary/aromatic N) is 1. The van der Waals surface area contributed by atoms with E-state index in [0.717, 1.165) is 10.8 Å². The average molecular weight is 513 g/mol. The molecule has 5 nitrogen and oxygen atoms in total. The second-order valence-corrected chi connectivity index (χ2v) is 7.76. The maximum Gasteiger partial charge on any atom is 0.355 e. The lowest BCUT2D eigenvalue weighted by Crippen LogP contribution is -3.00. The van der Waals surface area contributed by atoms with Gasteiger partial charge in [0.05, 0.1) is 17.3 Å². The van der Waals surface area contributed by atoms with Crippen molar-refractivity contribution in [2.45, 2.75) is 6.92 Å². The molecule has 150 valence electrons. The third kappa shape index (κ3) is 4.49. The van der Waals surface area contributed by atoms with Gasteiger partial charge in [0, 0.05) is 26.9 Å². The number of ether oxygens (including phenoxy) is 1. The standard InChI is InChI=1S/C20H15Cl2N3O2S.BrH/c1-2-27-19(26)18-17(16-13(22)8-11(21)9-14(16)24-18)15-10-28-20(25-15)23-12-6-4-3-5-7-12;/h3-10,24H,2H2,1H3,(H,23,25);1H. The zero-order valence-electron chi connectivity index (χ0n) is 15.2. The number of nitrogens with two attached hydrogens (primary N) is 1. The van der Waals surface area contributed by atoms with Gasteiger partial charge in [-0.15, -0.1) is 0 Å². The van der Waals surface area contributed by atoms with Gasteiger partial charge in [0.1, 0.15) is 11.4 Å². The summed E-state index contributed by atoms with van der Waals surface area (Å²) in [6.07, 6.45) is 0. The minimum Gasteiger partial charge on any atom is -1.00 e. The highest BCUT2D eigenvalue weighted by atomic mass is 79.9. The zero-order chi connectivity index (χ0) is 19.7. The summed E-state index contributed by atoms with van der Waals surface area (Å²) >= 11 is 14.1. The number of nitrogens with one attached hydrogen (secondary N) is 1. The summed E-state index contributed by atoms with van der Waals surface area (Å²) in [5.74, 6) is -0.456. The Morgan fingerprint density at radius 1 is 1.24 bits per heavy atom. The van der Waals surface area contributed by atoms with Crippen molar-refractivity contribution in [1.29, 1.82) is 0 Å². The first-order chi connectivity index (χ1) is 13.6. The summed E-state index contributed by atoms with van der Waals surface area (Å²) in [5, 5.41) is 6.36. The Labute approximate surface area is 191 Å². The van der Waals surface area contributed by atoms with Crippen LogP contribution in [-0.2, 0) is 4.74 Å². The SMILES string of the molecule is CCOC(=O)c1[nH]c2cc(Cl)cc(Cl)c2c1-c1csc([NH2+]c2ccccc2)n1.[Br-]. The number of esters is 1. The van der Waals surface area contributed by atoms with Gasteiger partial charge in [0.25, 0.3) is 5.13 Å². The number of aromatic amines is 1. The van der Waals surface area contributed by atoms with E-state index >= 15 is 0 Å². The number of para-hydroxylation sites is 1. The molecule has 0 aliphatic carbocycles. The monoisotopic (exact) mass is 511 g/mol. The number of carbonyl (C=O) groups excluding carboxylic acids is 1. The maximum atomic E-state index is 12.5. The predicted molar refractivity (Wildman–Crippen MR) is 113 cm³/mol. The highest BCUT2D eigenvalue weighted by Crippen LogP contribution is 2.39.